The molecule has 1 N–H and O–H groups in total. The van der Waals surface area contributed by atoms with E-state index in [9.17, 15) is 0 Å². The number of halogens is 2. The Morgan fingerprint density at radius 2 is 1.74 bits per heavy atom. The first kappa shape index (κ1) is 14.4. The molecule has 2 rings (SSSR count). The van der Waals surface area contributed by atoms with Crippen molar-refractivity contribution in [2.45, 2.75) is 12.3 Å². The fourth-order valence-corrected chi connectivity index (χ4v) is 2.65. The summed E-state index contributed by atoms with van der Waals surface area (Å²) in [6.07, 6.45) is 0.879. The molecule has 1 unspecified atom stereocenters. The van der Waals surface area contributed by atoms with E-state index in [0.717, 1.165) is 18.5 Å². The van der Waals surface area contributed by atoms with E-state index in [2.05, 4.69) is 29.6 Å². The highest BCUT2D eigenvalue weighted by Crippen LogP contribution is 2.29. The summed E-state index contributed by atoms with van der Waals surface area (Å²) in [4.78, 5) is 0. The Morgan fingerprint density at radius 1 is 1.00 bits per heavy atom. The molecule has 0 amide bonds. The summed E-state index contributed by atoms with van der Waals surface area (Å²) < 4.78 is 0. The molecule has 0 spiro atoms. The van der Waals surface area contributed by atoms with Crippen LogP contribution in [0.1, 0.15) is 17.0 Å². The summed E-state index contributed by atoms with van der Waals surface area (Å²) in [6.45, 7) is 0.910. The first-order chi connectivity index (χ1) is 9.22. The molecule has 0 aromatic heterocycles. The van der Waals surface area contributed by atoms with Crippen LogP contribution >= 0.6 is 23.2 Å². The van der Waals surface area contributed by atoms with Gasteiger partial charge in [0.15, 0.2) is 0 Å². The minimum atomic E-state index is 0.391. The quantitative estimate of drug-likeness (QED) is 0.853. The lowest BCUT2D eigenvalue weighted by molar-refractivity contribution is 0.626. The third kappa shape index (κ3) is 3.73. The molecule has 0 heterocycles. The summed E-state index contributed by atoms with van der Waals surface area (Å²) in [7, 11) is 1.97. The van der Waals surface area contributed by atoms with Gasteiger partial charge in [-0.15, -0.1) is 0 Å². The summed E-state index contributed by atoms with van der Waals surface area (Å²) in [5.74, 6) is 0.391. The van der Waals surface area contributed by atoms with Crippen molar-refractivity contribution >= 4 is 23.2 Å². The molecule has 2 aromatic carbocycles. The summed E-state index contributed by atoms with van der Waals surface area (Å²) in [5, 5.41) is 4.53. The van der Waals surface area contributed by atoms with Crippen molar-refractivity contribution < 1.29 is 0 Å². The normalized spacial score (nSPS) is 12.4. The van der Waals surface area contributed by atoms with Gasteiger partial charge in [0, 0.05) is 12.5 Å². The van der Waals surface area contributed by atoms with Crippen molar-refractivity contribution in [1.82, 2.24) is 5.32 Å². The monoisotopic (exact) mass is 293 g/mol. The second-order valence-corrected chi connectivity index (χ2v) is 5.37. The molecule has 0 aliphatic rings. The SMILES string of the molecule is CNCC(Cc1cccc(Cl)c1Cl)c1ccccc1. The molecule has 1 atom stereocenters. The molecule has 19 heavy (non-hydrogen) atoms. The van der Waals surface area contributed by atoms with Crippen LogP contribution < -0.4 is 5.32 Å². The molecule has 3 heteroatoms. The van der Waals surface area contributed by atoms with Crippen molar-refractivity contribution in [2.75, 3.05) is 13.6 Å². The fourth-order valence-electron chi connectivity index (χ4n) is 2.25. The van der Waals surface area contributed by atoms with Gasteiger partial charge in [-0.1, -0.05) is 65.7 Å². The van der Waals surface area contributed by atoms with Gasteiger partial charge >= 0.3 is 0 Å². The first-order valence-corrected chi connectivity index (χ1v) is 7.10. The van der Waals surface area contributed by atoms with Gasteiger partial charge in [-0.2, -0.15) is 0 Å². The average Bonchev–Trinajstić information content (AvgIpc) is 2.44. The van der Waals surface area contributed by atoms with E-state index in [-0.39, 0.29) is 0 Å². The highest BCUT2D eigenvalue weighted by molar-refractivity contribution is 6.42. The Bertz CT molecular complexity index is 526. The van der Waals surface area contributed by atoms with Crippen LogP contribution in [0.3, 0.4) is 0 Å². The molecule has 0 saturated heterocycles. The third-order valence-electron chi connectivity index (χ3n) is 3.22. The number of benzene rings is 2. The highest BCUT2D eigenvalue weighted by Gasteiger charge is 2.14. The van der Waals surface area contributed by atoms with Crippen molar-refractivity contribution in [3.8, 4) is 0 Å². The molecule has 0 aliphatic carbocycles. The molecule has 1 nitrogen and oxygen atoms in total. The molecule has 100 valence electrons. The van der Waals surface area contributed by atoms with E-state index < -0.39 is 0 Å². The lowest BCUT2D eigenvalue weighted by Crippen LogP contribution is -2.19. The molecule has 0 saturated carbocycles. The Hall–Kier alpha value is -1.02. The maximum absolute atomic E-state index is 6.27. The van der Waals surface area contributed by atoms with Gasteiger partial charge in [-0.05, 0) is 30.7 Å². The Balaban J connectivity index is 2.24. The summed E-state index contributed by atoms with van der Waals surface area (Å²) in [5.41, 5.74) is 2.41. The number of hydrogen-bond acceptors (Lipinski definition) is 1. The molecule has 2 aromatic rings. The van der Waals surface area contributed by atoms with Crippen LogP contribution in [0, 0.1) is 0 Å². The average molecular weight is 294 g/mol. The van der Waals surface area contributed by atoms with Gasteiger partial charge in [-0.3, -0.25) is 0 Å². The van der Waals surface area contributed by atoms with E-state index in [1.807, 2.05) is 31.3 Å². The van der Waals surface area contributed by atoms with E-state index in [0.29, 0.717) is 16.0 Å². The predicted molar refractivity (Wildman–Crippen MR) is 83.3 cm³/mol. The second kappa shape index (κ2) is 6.95. The zero-order valence-electron chi connectivity index (χ0n) is 10.9. The Kier molecular flexibility index (Phi) is 5.26. The van der Waals surface area contributed by atoms with Gasteiger partial charge in [-0.25, -0.2) is 0 Å². The number of hydrogen-bond donors (Lipinski definition) is 1. The van der Waals surface area contributed by atoms with Crippen LogP contribution in [0.4, 0.5) is 0 Å². The van der Waals surface area contributed by atoms with E-state index in [1.165, 1.54) is 5.56 Å². The maximum atomic E-state index is 6.27. The van der Waals surface area contributed by atoms with Crippen LogP contribution in [-0.4, -0.2) is 13.6 Å². The molecule has 0 aliphatic heterocycles. The zero-order valence-corrected chi connectivity index (χ0v) is 12.4. The number of rotatable bonds is 5. The van der Waals surface area contributed by atoms with Crippen LogP contribution in [0.2, 0.25) is 10.0 Å². The second-order valence-electron chi connectivity index (χ2n) is 4.58. The molecule has 0 bridgehead atoms. The smallest absolute Gasteiger partial charge is 0.0624 e. The van der Waals surface area contributed by atoms with Gasteiger partial charge < -0.3 is 5.32 Å². The Morgan fingerprint density at radius 3 is 2.42 bits per heavy atom. The Labute approximate surface area is 124 Å². The third-order valence-corrected chi connectivity index (χ3v) is 4.08. The van der Waals surface area contributed by atoms with Crippen LogP contribution in [-0.2, 0) is 6.42 Å². The lowest BCUT2D eigenvalue weighted by atomic mass is 9.92. The van der Waals surface area contributed by atoms with Gasteiger partial charge in [0.1, 0.15) is 0 Å². The van der Waals surface area contributed by atoms with Gasteiger partial charge in [0.25, 0.3) is 0 Å². The fraction of sp³-hybridized carbons (Fsp3) is 0.250. The highest BCUT2D eigenvalue weighted by atomic mass is 35.5. The van der Waals surface area contributed by atoms with Gasteiger partial charge in [0.2, 0.25) is 0 Å². The van der Waals surface area contributed by atoms with Crippen LogP contribution in [0.5, 0.6) is 0 Å². The van der Waals surface area contributed by atoms with Crippen LogP contribution in [0.15, 0.2) is 48.5 Å². The molecular weight excluding hydrogens is 277 g/mol. The first-order valence-electron chi connectivity index (χ1n) is 6.34. The molecule has 0 radical (unpaired) electrons. The zero-order chi connectivity index (χ0) is 13.7. The molecule has 0 fully saturated rings. The standard InChI is InChI=1S/C16H17Cl2N/c1-19-11-14(12-6-3-2-4-7-12)10-13-8-5-9-15(17)16(13)18/h2-9,14,19H,10-11H2,1H3. The van der Waals surface area contributed by atoms with E-state index >= 15 is 0 Å². The minimum Gasteiger partial charge on any atom is -0.319 e. The molecular formula is C16H17Cl2N. The topological polar surface area (TPSA) is 12.0 Å². The number of likely N-dealkylation sites (N-methyl/N-ethyl adjacent to an activating group) is 1. The van der Waals surface area contributed by atoms with Crippen LogP contribution in [0.25, 0.3) is 0 Å². The maximum Gasteiger partial charge on any atom is 0.0624 e. The largest absolute Gasteiger partial charge is 0.319 e. The van der Waals surface area contributed by atoms with Gasteiger partial charge in [0.05, 0.1) is 10.0 Å². The predicted octanol–water partition coefficient (Wildman–Crippen LogP) is 4.54. The summed E-state index contributed by atoms with van der Waals surface area (Å²) >= 11 is 12.3. The van der Waals surface area contributed by atoms with Crippen molar-refractivity contribution in [3.63, 3.8) is 0 Å². The van der Waals surface area contributed by atoms with Crippen molar-refractivity contribution in [1.29, 1.82) is 0 Å². The number of nitrogens with one attached hydrogen (secondary N) is 1. The van der Waals surface area contributed by atoms with E-state index in [4.69, 9.17) is 23.2 Å². The van der Waals surface area contributed by atoms with E-state index in [1.54, 1.807) is 0 Å². The van der Waals surface area contributed by atoms with Crippen molar-refractivity contribution in [3.05, 3.63) is 69.7 Å². The summed E-state index contributed by atoms with van der Waals surface area (Å²) in [6, 6.07) is 16.3. The minimum absolute atomic E-state index is 0.391. The lowest BCUT2D eigenvalue weighted by Gasteiger charge is -2.18. The van der Waals surface area contributed by atoms with Crippen molar-refractivity contribution in [2.24, 2.45) is 0 Å².